The molecule has 1 aromatic carbocycles. The smallest absolute Gasteiger partial charge is 0.254 e. The summed E-state index contributed by atoms with van der Waals surface area (Å²) in [5.74, 6) is -0.796. The summed E-state index contributed by atoms with van der Waals surface area (Å²) in [6.07, 6.45) is 7.51. The maximum atomic E-state index is 14.6. The van der Waals surface area contributed by atoms with Gasteiger partial charge in [-0.15, -0.1) is 0 Å². The van der Waals surface area contributed by atoms with Gasteiger partial charge in [0.15, 0.2) is 0 Å². The van der Waals surface area contributed by atoms with E-state index in [1.165, 1.54) is 6.20 Å². The molecule has 1 amide bonds. The Hall–Kier alpha value is -4.97. The molecule has 1 N–H and O–H groups in total. The third-order valence-electron chi connectivity index (χ3n) is 9.63. The summed E-state index contributed by atoms with van der Waals surface area (Å²) in [5, 5.41) is 17.0. The Morgan fingerprint density at radius 3 is 2.49 bits per heavy atom. The van der Waals surface area contributed by atoms with Crippen LogP contribution in [0.15, 0.2) is 55.0 Å². The van der Waals surface area contributed by atoms with Crippen LogP contribution >= 0.6 is 0 Å². The third kappa shape index (κ3) is 8.50. The first-order chi connectivity index (χ1) is 24.8. The quantitative estimate of drug-likeness (QED) is 0.153. The largest absolute Gasteiger partial charge is 0.492 e. The van der Waals surface area contributed by atoms with E-state index in [1.807, 2.05) is 25.1 Å². The van der Waals surface area contributed by atoms with Gasteiger partial charge in [0.2, 0.25) is 0 Å². The molecule has 0 spiro atoms. The number of nitrogens with zero attached hydrogens (tertiary/aromatic N) is 7. The number of carbonyl (C=O) groups is 2. The number of hydrogen-bond donors (Lipinski definition) is 1. The molecule has 0 aliphatic carbocycles. The number of hydrogen-bond acceptors (Lipinski definition) is 10. The van der Waals surface area contributed by atoms with E-state index < -0.39 is 23.1 Å². The summed E-state index contributed by atoms with van der Waals surface area (Å²) in [6.45, 7) is 9.18. The normalized spacial score (nSPS) is 16.5. The number of nitrogens with one attached hydrogen (secondary N) is 1. The number of fused-ring (bicyclic) bond motifs is 1. The van der Waals surface area contributed by atoms with Gasteiger partial charge in [-0.2, -0.15) is 10.4 Å². The van der Waals surface area contributed by atoms with Crippen molar-refractivity contribution in [1.82, 2.24) is 29.7 Å². The molecule has 0 radical (unpaired) electrons. The van der Waals surface area contributed by atoms with Crippen LogP contribution in [0.25, 0.3) is 16.6 Å². The second kappa shape index (κ2) is 16.4. The minimum Gasteiger partial charge on any atom is -0.492 e. The van der Waals surface area contributed by atoms with Gasteiger partial charge in [0.25, 0.3) is 5.91 Å². The molecule has 268 valence electrons. The van der Waals surface area contributed by atoms with Crippen LogP contribution in [0.1, 0.15) is 42.1 Å². The molecule has 4 aromatic rings. The number of halogens is 2. The van der Waals surface area contributed by atoms with E-state index in [1.54, 1.807) is 16.9 Å². The Labute approximate surface area is 295 Å². The monoisotopic (exact) mass is 700 g/mol. The zero-order chi connectivity index (χ0) is 35.8. The van der Waals surface area contributed by atoms with Crippen LogP contribution in [0, 0.1) is 23.0 Å². The van der Waals surface area contributed by atoms with Crippen LogP contribution < -0.4 is 15.0 Å². The van der Waals surface area contributed by atoms with Gasteiger partial charge in [0, 0.05) is 76.1 Å². The van der Waals surface area contributed by atoms with E-state index in [0.717, 1.165) is 80.7 Å². The first kappa shape index (κ1) is 35.8. The molecule has 0 atom stereocenters. The van der Waals surface area contributed by atoms with E-state index >= 15 is 0 Å². The van der Waals surface area contributed by atoms with Gasteiger partial charge in [-0.1, -0.05) is 0 Å². The predicted octanol–water partition coefficient (Wildman–Crippen LogP) is 3.94. The Kier molecular flexibility index (Phi) is 11.5. The van der Waals surface area contributed by atoms with Crippen LogP contribution in [0.2, 0.25) is 0 Å². The zero-order valence-corrected chi connectivity index (χ0v) is 28.7. The van der Waals surface area contributed by atoms with Gasteiger partial charge in [0.05, 0.1) is 54.4 Å². The number of piperidine rings is 1. The highest BCUT2D eigenvalue weighted by Gasteiger charge is 2.37. The van der Waals surface area contributed by atoms with Gasteiger partial charge < -0.3 is 29.4 Å². The summed E-state index contributed by atoms with van der Waals surface area (Å²) in [5.41, 5.74) is 1.54. The van der Waals surface area contributed by atoms with Gasteiger partial charge in [-0.3, -0.25) is 9.69 Å². The van der Waals surface area contributed by atoms with Crippen molar-refractivity contribution in [1.29, 1.82) is 5.26 Å². The second-order valence-electron chi connectivity index (χ2n) is 12.9. The number of nitriles is 1. The number of aldehydes is 1. The molecule has 2 aliphatic rings. The lowest BCUT2D eigenvalue weighted by Gasteiger charge is -2.42. The molecular weight excluding hydrogens is 658 g/mol. The average Bonchev–Trinajstić information content (AvgIpc) is 3.57. The van der Waals surface area contributed by atoms with Gasteiger partial charge >= 0.3 is 0 Å². The van der Waals surface area contributed by atoms with Crippen molar-refractivity contribution in [2.24, 2.45) is 0 Å². The lowest BCUT2D eigenvalue weighted by molar-refractivity contribution is -0.108. The molecule has 0 unspecified atom stereocenters. The second-order valence-corrected chi connectivity index (χ2v) is 12.9. The predicted molar refractivity (Wildman–Crippen MR) is 187 cm³/mol. The molecule has 6 rings (SSSR count). The minimum atomic E-state index is -0.805. The molecular formula is C37H42F2N8O4. The van der Waals surface area contributed by atoms with Crippen LogP contribution in [0.5, 0.6) is 5.75 Å². The average molecular weight is 701 g/mol. The number of amides is 1. The number of piperazine rings is 1. The van der Waals surface area contributed by atoms with E-state index in [9.17, 15) is 23.6 Å². The van der Waals surface area contributed by atoms with Crippen molar-refractivity contribution in [3.63, 3.8) is 0 Å². The van der Waals surface area contributed by atoms with Crippen molar-refractivity contribution < 1.29 is 27.8 Å². The molecule has 2 saturated heterocycles. The number of rotatable bonds is 14. The van der Waals surface area contributed by atoms with Crippen molar-refractivity contribution in [3.05, 3.63) is 77.8 Å². The Bertz CT molecular complexity index is 1860. The maximum absolute atomic E-state index is 14.6. The van der Waals surface area contributed by atoms with Crippen molar-refractivity contribution in [2.75, 3.05) is 77.1 Å². The molecule has 0 bridgehead atoms. The fraction of sp³-hybridized carbons (Fsp3) is 0.432. The number of pyridine rings is 2. The highest BCUT2D eigenvalue weighted by Crippen LogP contribution is 2.32. The maximum Gasteiger partial charge on any atom is 0.254 e. The Morgan fingerprint density at radius 1 is 1.04 bits per heavy atom. The number of carbonyl (C=O) groups excluding carboxylic acids is 2. The van der Waals surface area contributed by atoms with Crippen molar-refractivity contribution in [2.45, 2.75) is 31.7 Å². The van der Waals surface area contributed by atoms with Gasteiger partial charge in [0.1, 0.15) is 35.6 Å². The summed E-state index contributed by atoms with van der Waals surface area (Å²) < 4.78 is 42.1. The molecule has 0 saturated carbocycles. The molecule has 51 heavy (non-hydrogen) atoms. The highest BCUT2D eigenvalue weighted by atomic mass is 19.1. The standard InChI is InChI=1S/C37H42F2N8O4/c1-2-51-30-21-31(35-28(22-40)24-42-47(35)25-30)27-4-7-34(41-23-27)46-11-8-37(9-12-46,43-36(49)32-20-29(38)5-6-33(32)39)26-50-19-17-45-15-13-44(14-16-45)10-3-18-48/h4-7,18,20-21,23-25H,2-3,8-17,19,26H2,1H3,(H,43,49). The van der Waals surface area contributed by atoms with Crippen LogP contribution in [0.3, 0.4) is 0 Å². The molecule has 5 heterocycles. The van der Waals surface area contributed by atoms with Crippen molar-refractivity contribution in [3.8, 4) is 22.9 Å². The summed E-state index contributed by atoms with van der Waals surface area (Å²) >= 11 is 0. The topological polar surface area (TPSA) is 128 Å². The summed E-state index contributed by atoms with van der Waals surface area (Å²) in [7, 11) is 0. The number of ether oxygens (including phenoxy) is 2. The molecule has 2 aliphatic heterocycles. The van der Waals surface area contributed by atoms with Gasteiger partial charge in [-0.05, 0) is 56.2 Å². The number of anilines is 1. The van der Waals surface area contributed by atoms with E-state index in [2.05, 4.69) is 31.2 Å². The van der Waals surface area contributed by atoms with E-state index in [0.29, 0.717) is 62.4 Å². The molecule has 2 fully saturated rings. The highest BCUT2D eigenvalue weighted by molar-refractivity contribution is 5.95. The molecule has 14 heteroatoms. The number of aromatic nitrogens is 3. The fourth-order valence-corrected chi connectivity index (χ4v) is 6.76. The lowest BCUT2D eigenvalue weighted by atomic mass is 9.87. The first-order valence-electron chi connectivity index (χ1n) is 17.3. The van der Waals surface area contributed by atoms with E-state index in [-0.39, 0.29) is 12.2 Å². The third-order valence-corrected chi connectivity index (χ3v) is 9.63. The molecule has 12 nitrogen and oxygen atoms in total. The molecule has 3 aromatic heterocycles. The summed E-state index contributed by atoms with van der Waals surface area (Å²) in [4.78, 5) is 35.5. The summed E-state index contributed by atoms with van der Waals surface area (Å²) in [6, 6.07) is 10.8. The fourth-order valence-electron chi connectivity index (χ4n) is 6.76. The lowest BCUT2D eigenvalue weighted by Crippen LogP contribution is -2.58. The van der Waals surface area contributed by atoms with Crippen LogP contribution in [-0.4, -0.2) is 114 Å². The van der Waals surface area contributed by atoms with Crippen LogP contribution in [-0.2, 0) is 9.53 Å². The van der Waals surface area contributed by atoms with Gasteiger partial charge in [-0.25, -0.2) is 18.3 Å². The number of benzene rings is 1. The zero-order valence-electron chi connectivity index (χ0n) is 28.7. The Balaban J connectivity index is 1.13. The van der Waals surface area contributed by atoms with Crippen LogP contribution in [0.4, 0.5) is 14.6 Å². The van der Waals surface area contributed by atoms with Crippen molar-refractivity contribution >= 4 is 23.5 Å². The van der Waals surface area contributed by atoms with E-state index in [4.69, 9.17) is 14.5 Å². The minimum absolute atomic E-state index is 0.216. The SMILES string of the molecule is CCOc1cc(-c2ccc(N3CCC(COCCN4CCN(CCC=O)CC4)(NC(=O)c4cc(F)ccc4F)CC3)nc2)c2c(C#N)cnn2c1. The first-order valence-corrected chi connectivity index (χ1v) is 17.3. The Morgan fingerprint density at radius 2 is 1.80 bits per heavy atom.